The molecule has 3 heteroatoms. The third kappa shape index (κ3) is 2.77. The van der Waals surface area contributed by atoms with E-state index in [2.05, 4.69) is 16.7 Å². The first kappa shape index (κ1) is 11.9. The summed E-state index contributed by atoms with van der Waals surface area (Å²) in [6, 6.07) is 14.8. The minimum Gasteiger partial charge on any atom is -0.254 e. The van der Waals surface area contributed by atoms with Gasteiger partial charge < -0.3 is 0 Å². The summed E-state index contributed by atoms with van der Waals surface area (Å²) in [7, 11) is 0. The van der Waals surface area contributed by atoms with Crippen LogP contribution in [0.3, 0.4) is 0 Å². The Morgan fingerprint density at radius 1 is 0.889 bits per heavy atom. The highest BCUT2D eigenvalue weighted by Crippen LogP contribution is 2.26. The predicted molar refractivity (Wildman–Crippen MR) is 75.7 cm³/mol. The molecule has 2 aromatic rings. The van der Waals surface area contributed by atoms with Crippen molar-refractivity contribution in [1.29, 1.82) is 0 Å². The molecule has 2 rings (SSSR count). The van der Waals surface area contributed by atoms with Gasteiger partial charge in [-0.25, -0.2) is 0 Å². The van der Waals surface area contributed by atoms with Gasteiger partial charge >= 0.3 is 0 Å². The Bertz CT molecular complexity index is 586. The highest BCUT2D eigenvalue weighted by molar-refractivity contribution is 5.83. The number of nitroso groups, excluding NO2 is 1. The summed E-state index contributed by atoms with van der Waals surface area (Å²) in [6.07, 6.45) is 3.49. The van der Waals surface area contributed by atoms with E-state index in [1.165, 1.54) is 0 Å². The van der Waals surface area contributed by atoms with E-state index in [0.29, 0.717) is 11.4 Å². The quantitative estimate of drug-likeness (QED) is 0.570. The first-order valence-corrected chi connectivity index (χ1v) is 5.52. The molecule has 0 amide bonds. The molecule has 18 heavy (non-hydrogen) atoms. The number of hydrogen-bond acceptors (Lipinski definition) is 3. The minimum atomic E-state index is 0.344. The van der Waals surface area contributed by atoms with E-state index in [1.54, 1.807) is 30.5 Å². The minimum absolute atomic E-state index is 0.344. The van der Waals surface area contributed by atoms with Crippen LogP contribution in [0.1, 0.15) is 11.1 Å². The van der Waals surface area contributed by atoms with Gasteiger partial charge in [0, 0.05) is 6.21 Å². The van der Waals surface area contributed by atoms with Crippen molar-refractivity contribution in [1.82, 2.24) is 0 Å². The average molecular weight is 236 g/mol. The van der Waals surface area contributed by atoms with E-state index < -0.39 is 0 Å². The molecule has 0 atom stereocenters. The average Bonchev–Trinajstić information content (AvgIpc) is 2.46. The van der Waals surface area contributed by atoms with Crippen LogP contribution in [0.15, 0.2) is 65.3 Å². The van der Waals surface area contributed by atoms with E-state index in [0.717, 1.165) is 11.1 Å². The maximum Gasteiger partial charge on any atom is 0.133 e. The van der Waals surface area contributed by atoms with Crippen LogP contribution in [0.2, 0.25) is 0 Å². The second-order valence-corrected chi connectivity index (χ2v) is 3.71. The van der Waals surface area contributed by atoms with Crippen molar-refractivity contribution in [2.75, 3.05) is 0 Å². The Morgan fingerprint density at radius 3 is 2.11 bits per heavy atom. The molecule has 0 N–H and O–H groups in total. The standard InChI is InChI=1S/C15H12N2O/c1-2-12-7-9-13(10-8-12)11-16-14-5-3-4-6-15(14)17-18/h2-11H,1H2. The summed E-state index contributed by atoms with van der Waals surface area (Å²) in [5.74, 6) is 0. The van der Waals surface area contributed by atoms with E-state index in [-0.39, 0.29) is 0 Å². The van der Waals surface area contributed by atoms with E-state index in [1.807, 2.05) is 30.3 Å². The first-order chi connectivity index (χ1) is 8.83. The van der Waals surface area contributed by atoms with Crippen molar-refractivity contribution in [3.05, 3.63) is 71.1 Å². The fourth-order valence-electron chi connectivity index (χ4n) is 1.51. The normalized spacial score (nSPS) is 10.4. The monoisotopic (exact) mass is 236 g/mol. The van der Waals surface area contributed by atoms with Gasteiger partial charge in [0.15, 0.2) is 0 Å². The first-order valence-electron chi connectivity index (χ1n) is 5.52. The molecule has 0 aromatic heterocycles. The third-order valence-electron chi connectivity index (χ3n) is 2.50. The molecule has 0 unspecified atom stereocenters. The summed E-state index contributed by atoms with van der Waals surface area (Å²) >= 11 is 0. The zero-order chi connectivity index (χ0) is 12.8. The summed E-state index contributed by atoms with van der Waals surface area (Å²) in [4.78, 5) is 14.8. The van der Waals surface area contributed by atoms with Gasteiger partial charge in [-0.05, 0) is 28.4 Å². The van der Waals surface area contributed by atoms with Crippen molar-refractivity contribution in [3.63, 3.8) is 0 Å². The van der Waals surface area contributed by atoms with Gasteiger partial charge in [0.1, 0.15) is 5.69 Å². The highest BCUT2D eigenvalue weighted by atomic mass is 16.3. The Balaban J connectivity index is 2.24. The van der Waals surface area contributed by atoms with Crippen LogP contribution in [0, 0.1) is 4.91 Å². The number of para-hydroxylation sites is 1. The molecule has 0 fully saturated rings. The van der Waals surface area contributed by atoms with Gasteiger partial charge in [-0.1, -0.05) is 49.1 Å². The van der Waals surface area contributed by atoms with E-state index in [9.17, 15) is 4.91 Å². The van der Waals surface area contributed by atoms with Crippen LogP contribution >= 0.6 is 0 Å². The lowest BCUT2D eigenvalue weighted by Crippen LogP contribution is -1.80. The molecule has 0 bridgehead atoms. The number of rotatable bonds is 4. The van der Waals surface area contributed by atoms with Crippen LogP contribution in [0.25, 0.3) is 6.08 Å². The molecule has 0 aliphatic heterocycles. The number of benzene rings is 2. The van der Waals surface area contributed by atoms with Crippen molar-refractivity contribution in [3.8, 4) is 0 Å². The highest BCUT2D eigenvalue weighted by Gasteiger charge is 1.98. The van der Waals surface area contributed by atoms with Crippen molar-refractivity contribution >= 4 is 23.7 Å². The largest absolute Gasteiger partial charge is 0.254 e. The second kappa shape index (κ2) is 5.68. The smallest absolute Gasteiger partial charge is 0.133 e. The third-order valence-corrected chi connectivity index (χ3v) is 2.50. The number of nitrogens with zero attached hydrogens (tertiary/aromatic N) is 2. The summed E-state index contributed by atoms with van der Waals surface area (Å²) in [5, 5.41) is 2.93. The van der Waals surface area contributed by atoms with Crippen LogP contribution < -0.4 is 0 Å². The lowest BCUT2D eigenvalue weighted by atomic mass is 10.1. The fraction of sp³-hybridized carbons (Fsp3) is 0. The second-order valence-electron chi connectivity index (χ2n) is 3.71. The molecule has 0 saturated carbocycles. The molecule has 2 aromatic carbocycles. The molecule has 0 spiro atoms. The number of hydrogen-bond donors (Lipinski definition) is 0. The Morgan fingerprint density at radius 2 is 1.50 bits per heavy atom. The fourth-order valence-corrected chi connectivity index (χ4v) is 1.51. The SMILES string of the molecule is C=Cc1ccc(C=Nc2ccccc2N=O)cc1. The van der Waals surface area contributed by atoms with E-state index >= 15 is 0 Å². The molecular weight excluding hydrogens is 224 g/mol. The van der Waals surface area contributed by atoms with Gasteiger partial charge in [0.2, 0.25) is 0 Å². The maximum absolute atomic E-state index is 10.6. The Hall–Kier alpha value is -2.55. The Labute approximate surface area is 105 Å². The molecule has 0 radical (unpaired) electrons. The Kier molecular flexibility index (Phi) is 3.76. The predicted octanol–water partition coefficient (Wildman–Crippen LogP) is 4.48. The van der Waals surface area contributed by atoms with Crippen molar-refractivity contribution in [2.45, 2.75) is 0 Å². The molecule has 0 aliphatic rings. The van der Waals surface area contributed by atoms with Crippen molar-refractivity contribution in [2.24, 2.45) is 10.2 Å². The summed E-state index contributed by atoms with van der Waals surface area (Å²) in [6.45, 7) is 3.70. The maximum atomic E-state index is 10.6. The molecule has 0 aliphatic carbocycles. The van der Waals surface area contributed by atoms with Gasteiger partial charge in [0.05, 0.1) is 5.69 Å². The summed E-state index contributed by atoms with van der Waals surface area (Å²) in [5.41, 5.74) is 2.93. The van der Waals surface area contributed by atoms with Crippen molar-refractivity contribution < 1.29 is 0 Å². The lowest BCUT2D eigenvalue weighted by molar-refractivity contribution is 1.44. The topological polar surface area (TPSA) is 41.8 Å². The van der Waals surface area contributed by atoms with Crippen LogP contribution in [-0.2, 0) is 0 Å². The summed E-state index contributed by atoms with van der Waals surface area (Å²) < 4.78 is 0. The number of aliphatic imine (C=N–C) groups is 1. The molecule has 3 nitrogen and oxygen atoms in total. The van der Waals surface area contributed by atoms with Gasteiger partial charge in [-0.2, -0.15) is 0 Å². The zero-order valence-corrected chi connectivity index (χ0v) is 9.78. The molecule has 88 valence electrons. The van der Waals surface area contributed by atoms with Crippen LogP contribution in [0.5, 0.6) is 0 Å². The van der Waals surface area contributed by atoms with Gasteiger partial charge in [-0.15, -0.1) is 4.91 Å². The van der Waals surface area contributed by atoms with Gasteiger partial charge in [0.25, 0.3) is 0 Å². The lowest BCUT2D eigenvalue weighted by Gasteiger charge is -1.97. The zero-order valence-electron chi connectivity index (χ0n) is 9.78. The molecule has 0 saturated heterocycles. The molecular formula is C15H12N2O. The van der Waals surface area contributed by atoms with Gasteiger partial charge in [-0.3, -0.25) is 4.99 Å². The van der Waals surface area contributed by atoms with E-state index in [4.69, 9.17) is 0 Å². The van der Waals surface area contributed by atoms with Crippen LogP contribution in [-0.4, -0.2) is 6.21 Å². The molecule has 0 heterocycles. The van der Waals surface area contributed by atoms with Crippen LogP contribution in [0.4, 0.5) is 11.4 Å².